The Morgan fingerprint density at radius 2 is 1.81 bits per heavy atom. The van der Waals surface area contributed by atoms with Crippen LogP contribution in [-0.2, 0) is 7.05 Å². The number of carbonyl (C=O) groups is 1. The molecule has 0 aliphatic rings. The van der Waals surface area contributed by atoms with Crippen molar-refractivity contribution in [2.24, 2.45) is 7.05 Å². The van der Waals surface area contributed by atoms with Crippen molar-refractivity contribution >= 4 is 17.5 Å². The van der Waals surface area contributed by atoms with Crippen LogP contribution in [0.3, 0.4) is 0 Å². The van der Waals surface area contributed by atoms with Crippen molar-refractivity contribution in [2.75, 3.05) is 12.9 Å². The van der Waals surface area contributed by atoms with E-state index in [1.165, 1.54) is 17.3 Å². The lowest BCUT2D eigenvalue weighted by Gasteiger charge is -2.06. The summed E-state index contributed by atoms with van der Waals surface area (Å²) in [7, 11) is 3.54. The third-order valence-electron chi connectivity index (χ3n) is 4.34. The normalized spacial score (nSPS) is 10.8. The first-order valence-corrected chi connectivity index (χ1v) is 9.25. The number of benzene rings is 2. The van der Waals surface area contributed by atoms with Crippen molar-refractivity contribution < 1.29 is 9.53 Å². The fraction of sp³-hybridized carbons (Fsp3) is 0.250. The maximum absolute atomic E-state index is 12.4. The molecular formula is C20H21N3O2S. The van der Waals surface area contributed by atoms with E-state index in [2.05, 4.69) is 10.2 Å². The lowest BCUT2D eigenvalue weighted by molar-refractivity contribution is 0.102. The molecule has 3 rings (SSSR count). The molecule has 0 N–H and O–H groups in total. The average Bonchev–Trinajstić information content (AvgIpc) is 3.02. The molecule has 0 aliphatic carbocycles. The Balaban J connectivity index is 1.71. The molecule has 0 saturated carbocycles. The van der Waals surface area contributed by atoms with Gasteiger partial charge in [-0.25, -0.2) is 0 Å². The Bertz CT molecular complexity index is 933. The van der Waals surface area contributed by atoms with Gasteiger partial charge < -0.3 is 9.30 Å². The van der Waals surface area contributed by atoms with Crippen LogP contribution >= 0.6 is 11.8 Å². The van der Waals surface area contributed by atoms with Gasteiger partial charge >= 0.3 is 0 Å². The van der Waals surface area contributed by atoms with Gasteiger partial charge in [0, 0.05) is 18.2 Å². The molecular weight excluding hydrogens is 346 g/mol. The molecule has 0 fully saturated rings. The number of ether oxygens (including phenoxy) is 1. The van der Waals surface area contributed by atoms with E-state index in [1.807, 2.05) is 67.9 Å². The summed E-state index contributed by atoms with van der Waals surface area (Å²) in [5.74, 6) is 1.97. The first-order valence-electron chi connectivity index (χ1n) is 8.26. The molecule has 26 heavy (non-hydrogen) atoms. The first kappa shape index (κ1) is 18.2. The van der Waals surface area contributed by atoms with E-state index in [-0.39, 0.29) is 5.78 Å². The molecule has 0 aliphatic heterocycles. The second-order valence-corrected chi connectivity index (χ2v) is 7.05. The SMILES string of the molecule is COc1ccc(-c2nnc(SCC(=O)c3ccc(C)c(C)c3)n2C)cc1. The van der Waals surface area contributed by atoms with E-state index in [1.54, 1.807) is 7.11 Å². The average molecular weight is 367 g/mol. The lowest BCUT2D eigenvalue weighted by Crippen LogP contribution is -2.04. The fourth-order valence-electron chi connectivity index (χ4n) is 2.56. The van der Waals surface area contributed by atoms with Crippen molar-refractivity contribution in [1.29, 1.82) is 0 Å². The summed E-state index contributed by atoms with van der Waals surface area (Å²) in [6.45, 7) is 4.06. The summed E-state index contributed by atoms with van der Waals surface area (Å²) in [4.78, 5) is 12.4. The van der Waals surface area contributed by atoms with Crippen LogP contribution in [0.4, 0.5) is 0 Å². The van der Waals surface area contributed by atoms with Gasteiger partial charge in [0.15, 0.2) is 16.8 Å². The van der Waals surface area contributed by atoms with Crippen LogP contribution in [0, 0.1) is 13.8 Å². The molecule has 1 aromatic heterocycles. The van der Waals surface area contributed by atoms with Gasteiger partial charge in [-0.05, 0) is 55.3 Å². The number of hydrogen-bond acceptors (Lipinski definition) is 5. The molecule has 2 aromatic carbocycles. The van der Waals surface area contributed by atoms with Gasteiger partial charge in [-0.3, -0.25) is 4.79 Å². The lowest BCUT2D eigenvalue weighted by atomic mass is 10.0. The van der Waals surface area contributed by atoms with Crippen LogP contribution in [-0.4, -0.2) is 33.4 Å². The molecule has 134 valence electrons. The summed E-state index contributed by atoms with van der Waals surface area (Å²) in [5.41, 5.74) is 4.00. The number of methoxy groups -OCH3 is 1. The standard InChI is InChI=1S/C20H21N3O2S/c1-13-5-6-16(11-14(13)2)18(24)12-26-20-22-21-19(23(20)3)15-7-9-17(25-4)10-8-15/h5-11H,12H2,1-4H3. The molecule has 0 bridgehead atoms. The van der Waals surface area contributed by atoms with Crippen molar-refractivity contribution in [3.05, 3.63) is 59.2 Å². The Kier molecular flexibility index (Phi) is 5.42. The Morgan fingerprint density at radius 1 is 1.08 bits per heavy atom. The second-order valence-electron chi connectivity index (χ2n) is 6.10. The number of rotatable bonds is 6. The van der Waals surface area contributed by atoms with Gasteiger partial charge in [0.25, 0.3) is 0 Å². The molecule has 0 spiro atoms. The highest BCUT2D eigenvalue weighted by Gasteiger charge is 2.14. The Labute approximate surface area is 157 Å². The number of aromatic nitrogens is 3. The Hall–Kier alpha value is -2.60. The zero-order valence-electron chi connectivity index (χ0n) is 15.3. The number of Topliss-reactive ketones (excluding diaryl/α,β-unsaturated/α-hetero) is 1. The first-order chi connectivity index (χ1) is 12.5. The quantitative estimate of drug-likeness (QED) is 0.485. The van der Waals surface area contributed by atoms with Gasteiger partial charge in [-0.1, -0.05) is 23.9 Å². The van der Waals surface area contributed by atoms with Crippen molar-refractivity contribution in [2.45, 2.75) is 19.0 Å². The molecule has 0 saturated heterocycles. The predicted octanol–water partition coefficient (Wildman–Crippen LogP) is 4.08. The van der Waals surface area contributed by atoms with Gasteiger partial charge in [0.2, 0.25) is 0 Å². The summed E-state index contributed by atoms with van der Waals surface area (Å²) in [5, 5.41) is 9.20. The van der Waals surface area contributed by atoms with E-state index in [0.717, 1.165) is 28.3 Å². The van der Waals surface area contributed by atoms with Crippen LogP contribution in [0.1, 0.15) is 21.5 Å². The zero-order valence-corrected chi connectivity index (χ0v) is 16.1. The highest BCUT2D eigenvalue weighted by molar-refractivity contribution is 7.99. The van der Waals surface area contributed by atoms with Crippen molar-refractivity contribution in [1.82, 2.24) is 14.8 Å². The summed E-state index contributed by atoms with van der Waals surface area (Å²) in [6, 6.07) is 13.5. The van der Waals surface area contributed by atoms with Gasteiger partial charge in [-0.2, -0.15) is 0 Å². The summed E-state index contributed by atoms with van der Waals surface area (Å²) < 4.78 is 7.08. The fourth-order valence-corrected chi connectivity index (χ4v) is 3.37. The van der Waals surface area contributed by atoms with E-state index >= 15 is 0 Å². The monoisotopic (exact) mass is 367 g/mol. The van der Waals surface area contributed by atoms with Crippen LogP contribution in [0.2, 0.25) is 0 Å². The molecule has 3 aromatic rings. The smallest absolute Gasteiger partial charge is 0.191 e. The van der Waals surface area contributed by atoms with Gasteiger partial charge in [-0.15, -0.1) is 10.2 Å². The highest BCUT2D eigenvalue weighted by Crippen LogP contribution is 2.25. The topological polar surface area (TPSA) is 57.0 Å². The number of ketones is 1. The number of thioether (sulfide) groups is 1. The molecule has 0 amide bonds. The third kappa shape index (κ3) is 3.80. The third-order valence-corrected chi connectivity index (χ3v) is 5.36. The minimum absolute atomic E-state index is 0.0899. The molecule has 5 nitrogen and oxygen atoms in total. The largest absolute Gasteiger partial charge is 0.497 e. The van der Waals surface area contributed by atoms with E-state index < -0.39 is 0 Å². The summed E-state index contributed by atoms with van der Waals surface area (Å²) >= 11 is 1.40. The summed E-state index contributed by atoms with van der Waals surface area (Å²) in [6.07, 6.45) is 0. The van der Waals surface area contributed by atoms with Crippen LogP contribution in [0.15, 0.2) is 47.6 Å². The zero-order chi connectivity index (χ0) is 18.7. The molecule has 0 radical (unpaired) electrons. The van der Waals surface area contributed by atoms with Crippen molar-refractivity contribution in [3.63, 3.8) is 0 Å². The van der Waals surface area contributed by atoms with Crippen LogP contribution in [0.25, 0.3) is 11.4 Å². The molecule has 0 atom stereocenters. The number of aryl methyl sites for hydroxylation is 2. The number of nitrogens with zero attached hydrogens (tertiary/aromatic N) is 3. The maximum Gasteiger partial charge on any atom is 0.191 e. The predicted molar refractivity (Wildman–Crippen MR) is 104 cm³/mol. The van der Waals surface area contributed by atoms with E-state index in [9.17, 15) is 4.79 Å². The van der Waals surface area contributed by atoms with Crippen LogP contribution in [0.5, 0.6) is 5.75 Å². The maximum atomic E-state index is 12.4. The van der Waals surface area contributed by atoms with Gasteiger partial charge in [0.05, 0.1) is 12.9 Å². The Morgan fingerprint density at radius 3 is 2.46 bits per heavy atom. The second kappa shape index (κ2) is 7.74. The minimum Gasteiger partial charge on any atom is -0.497 e. The van der Waals surface area contributed by atoms with E-state index in [4.69, 9.17) is 4.74 Å². The van der Waals surface area contributed by atoms with Crippen molar-refractivity contribution in [3.8, 4) is 17.1 Å². The molecule has 6 heteroatoms. The number of carbonyl (C=O) groups excluding carboxylic acids is 1. The number of hydrogen-bond donors (Lipinski definition) is 0. The molecule has 0 unspecified atom stereocenters. The minimum atomic E-state index is 0.0899. The molecule has 1 heterocycles. The van der Waals surface area contributed by atoms with E-state index in [0.29, 0.717) is 10.9 Å². The van der Waals surface area contributed by atoms with Crippen LogP contribution < -0.4 is 4.74 Å². The highest BCUT2D eigenvalue weighted by atomic mass is 32.2. The van der Waals surface area contributed by atoms with Gasteiger partial charge in [0.1, 0.15) is 5.75 Å².